The van der Waals surface area contributed by atoms with Crippen molar-refractivity contribution in [1.82, 2.24) is 66.6 Å². The van der Waals surface area contributed by atoms with E-state index in [4.69, 9.17) is 56.1 Å². The minimum atomic E-state index is -1.02. The number of benzene rings is 3. The van der Waals surface area contributed by atoms with Gasteiger partial charge >= 0.3 is 18.1 Å². The van der Waals surface area contributed by atoms with E-state index in [0.717, 1.165) is 53.1 Å². The van der Waals surface area contributed by atoms with Crippen LogP contribution in [0.2, 0.25) is 0 Å². The summed E-state index contributed by atoms with van der Waals surface area (Å²) in [6.07, 6.45) is 4.90. The van der Waals surface area contributed by atoms with Crippen LogP contribution in [-0.4, -0.2) is 307 Å². The molecular formula is C85H105B5ClN20O19S3. The molecule has 3 aromatic heterocycles. The third kappa shape index (κ3) is 24.1. The van der Waals surface area contributed by atoms with Gasteiger partial charge in [0.25, 0.3) is 35.4 Å². The van der Waals surface area contributed by atoms with E-state index in [-0.39, 0.29) is 181 Å². The molecule has 133 heavy (non-hydrogen) atoms. The van der Waals surface area contributed by atoms with Gasteiger partial charge in [-0.2, -0.15) is 0 Å². The quantitative estimate of drug-likeness (QED) is 0.0434. The molecule has 4 spiro atoms. The molecule has 0 saturated carbocycles. The second-order valence-corrected chi connectivity index (χ2v) is 36.7. The molecule has 12 aliphatic rings. The molecule has 48 heteroatoms. The summed E-state index contributed by atoms with van der Waals surface area (Å²) in [5.41, 5.74) is 8.98. The minimum Gasteiger partial charge on any atom is -0.478 e. The van der Waals surface area contributed by atoms with Crippen molar-refractivity contribution in [3.8, 4) is 0 Å². The van der Waals surface area contributed by atoms with Gasteiger partial charge in [0.05, 0.1) is 41.6 Å². The monoisotopic (exact) mass is 1900 g/mol. The van der Waals surface area contributed by atoms with E-state index in [1.807, 2.05) is 88.4 Å². The van der Waals surface area contributed by atoms with Crippen molar-refractivity contribution in [2.45, 2.75) is 173 Å². The van der Waals surface area contributed by atoms with E-state index in [1.165, 1.54) is 46.0 Å². The zero-order chi connectivity index (χ0) is 94.6. The Labute approximate surface area is 790 Å². The number of nitrogen functional groups attached to an aromatic ring is 2. The van der Waals surface area contributed by atoms with Gasteiger partial charge in [0.1, 0.15) is 66.7 Å². The van der Waals surface area contributed by atoms with Crippen LogP contribution >= 0.6 is 45.6 Å². The van der Waals surface area contributed by atoms with Crippen molar-refractivity contribution in [1.29, 1.82) is 0 Å². The van der Waals surface area contributed by atoms with Crippen LogP contribution in [0.4, 0.5) is 24.6 Å². The zero-order valence-corrected chi connectivity index (χ0v) is 75.6. The number of fused-ring (bicyclic) bond motifs is 3. The first-order chi connectivity index (χ1) is 62.3. The highest BCUT2D eigenvalue weighted by atomic mass is 35.5. The lowest BCUT2D eigenvalue weighted by Gasteiger charge is -2.36. The number of amidine groups is 4. The van der Waals surface area contributed by atoms with Gasteiger partial charge in [-0.3, -0.25) is 112 Å². The Hall–Kier alpha value is -12.2. The number of carbonyl (C=O) groups is 17. The van der Waals surface area contributed by atoms with Crippen molar-refractivity contribution in [3.05, 3.63) is 89.5 Å². The maximum absolute atomic E-state index is 13.6. The summed E-state index contributed by atoms with van der Waals surface area (Å²) in [4.78, 5) is 229. The Morgan fingerprint density at radius 1 is 0.504 bits per heavy atom. The van der Waals surface area contributed by atoms with E-state index >= 15 is 0 Å². The number of hydrogen-bond acceptors (Lipinski definition) is 28. The fraction of sp³-hybridized carbons (Fsp3) is 0.471. The van der Waals surface area contributed by atoms with Crippen LogP contribution < -0.4 is 54.0 Å². The Balaban J connectivity index is 0.000000187. The number of aliphatic imine (C=N–C) groups is 4. The molecule has 699 valence electrons. The number of alkyl halides is 1. The van der Waals surface area contributed by atoms with Gasteiger partial charge in [0.15, 0.2) is 0 Å². The van der Waals surface area contributed by atoms with Gasteiger partial charge in [0, 0.05) is 166 Å². The summed E-state index contributed by atoms with van der Waals surface area (Å²) in [5.74, 6) is -1.96. The number of carboxylic acid groups (broad SMARTS) is 1. The number of carbonyl (C=O) groups excluding carboxylic acids is 16. The van der Waals surface area contributed by atoms with Crippen molar-refractivity contribution in [2.24, 2.45) is 20.0 Å². The molecule has 6 aromatic rings. The first kappa shape index (κ1) is 103. The van der Waals surface area contributed by atoms with Gasteiger partial charge in [-0.15, -0.1) is 45.6 Å². The number of piperidine rings is 4. The second kappa shape index (κ2) is 44.1. The zero-order valence-electron chi connectivity index (χ0n) is 72.3. The van der Waals surface area contributed by atoms with Crippen LogP contribution in [-0.2, 0) is 62.3 Å². The molecule has 3 aromatic carbocycles. The molecule has 13 N–H and O–H groups in total. The standard InChI is InChI=1S/C24H26N6O5S.C21H21N5O4S.C13H20ClN3O3.C12H16N4O3.C9H7NO2S.C4H5NO2.2CH4.B5.H2/c1-2-25-23(35)27-20-19(14-5-3-4-6-15(14)36-20)21(33)29-11-9-24(10-12-29)22(34)26-16(28-24)13-30-17(31)7-8-18(30)32;22-18-17(12-3-1-2-4-13(12)31-18)19(29)25-9-7-21(8-10-25)20(30)23-14(24-21)11-26-15(27)5-6-16(26)28;1-12(2,3)20-11(19)17-6-4-13(5-7-17)10(18)15-9(8-14)16-13;17-9-1-2-10(18)16(9)7-8-14-11(19)12(15-8)3-5-13-6-4-12;10-8-7(9(11)12)5-3-1-2-4-6(5)13-8;6-3-1-2-4(7)5-3;;;1-4-5(2)3;/h3-6H,2,7-13H2,1H3,(H2,25,27,35)(H,26,28,34);1-4H,5-11,22H2,(H,23,24,30);4-8H2,1-3H3,(H,15,16,18);13H,1-7H2,(H,14,15,19);1-4H,10H2,(H,11,12);1-2H2,(H,5,6,7);2*1H4;;1H/i;;;;;;;;;1+1. The third-order valence-corrected chi connectivity index (χ3v) is 26.5. The lowest BCUT2D eigenvalue weighted by Crippen LogP contribution is -2.51. The fourth-order valence-corrected chi connectivity index (χ4v) is 19.4. The number of halogens is 1. The number of rotatable bonds is 13. The summed E-state index contributed by atoms with van der Waals surface area (Å²) in [7, 11) is 15.8. The van der Waals surface area contributed by atoms with Gasteiger partial charge in [-0.25, -0.2) is 14.4 Å². The molecule has 17 amide bonds. The maximum Gasteiger partial charge on any atom is 0.410 e. The number of anilines is 3. The minimum absolute atomic E-state index is 0. The number of carboxylic acids is 1. The lowest BCUT2D eigenvalue weighted by atomic mass is 8.97. The summed E-state index contributed by atoms with van der Waals surface area (Å²) in [6, 6.07) is 22.0. The van der Waals surface area contributed by atoms with E-state index in [9.17, 15) is 81.5 Å². The molecule has 18 rings (SSSR count). The molecule has 8 fully saturated rings. The number of nitrogens with one attached hydrogen (secondary N) is 8. The molecule has 0 unspecified atom stereocenters. The normalized spacial score (nSPS) is 19.3. The topological polar surface area (TPSA) is 537 Å². The first-order valence-corrected chi connectivity index (χ1v) is 45.5. The predicted octanol–water partition coefficient (Wildman–Crippen LogP) is 4.36. The van der Waals surface area contributed by atoms with Gasteiger partial charge in [-0.1, -0.05) is 69.5 Å². The van der Waals surface area contributed by atoms with Crippen LogP contribution in [0.1, 0.15) is 178 Å². The highest BCUT2D eigenvalue weighted by Crippen LogP contribution is 2.42. The highest BCUT2D eigenvalue weighted by molar-refractivity contribution is 7.60. The maximum atomic E-state index is 13.6. The number of aromatic carboxylic acids is 1. The average Bonchev–Trinajstić information content (AvgIpc) is 1.60. The van der Waals surface area contributed by atoms with Crippen LogP contribution in [0.3, 0.4) is 0 Å². The molecule has 8 saturated heterocycles. The van der Waals surface area contributed by atoms with Gasteiger partial charge < -0.3 is 67.9 Å². The first-order valence-electron chi connectivity index (χ1n) is 42.5. The summed E-state index contributed by atoms with van der Waals surface area (Å²) in [5, 5.41) is 34.2. The number of ether oxygens (including phenoxy) is 1. The molecule has 12 aliphatic heterocycles. The fourth-order valence-electron chi connectivity index (χ4n) is 16.3. The second-order valence-electron chi connectivity index (χ2n) is 33.2. The van der Waals surface area contributed by atoms with Crippen molar-refractivity contribution in [2.75, 3.05) is 101 Å². The van der Waals surface area contributed by atoms with E-state index < -0.39 is 40.1 Å². The number of urea groups is 1. The molecule has 0 aliphatic carbocycles. The van der Waals surface area contributed by atoms with E-state index in [2.05, 4.69) is 62.5 Å². The van der Waals surface area contributed by atoms with Crippen molar-refractivity contribution in [3.63, 3.8) is 0 Å². The van der Waals surface area contributed by atoms with Crippen LogP contribution in [0.5, 0.6) is 0 Å². The summed E-state index contributed by atoms with van der Waals surface area (Å²) >= 11 is 9.73. The van der Waals surface area contributed by atoms with Crippen LogP contribution in [0.15, 0.2) is 92.8 Å². The Kier molecular flexibility index (Phi) is 34.1. The molecule has 0 atom stereocenters. The molecular weight excluding hydrogens is 1790 g/mol. The van der Waals surface area contributed by atoms with E-state index in [0.29, 0.717) is 159 Å². The molecule has 7 radical (unpaired) electrons. The summed E-state index contributed by atoms with van der Waals surface area (Å²) < 4.78 is 8.09. The largest absolute Gasteiger partial charge is 0.478 e. The number of thiophene rings is 3. The van der Waals surface area contributed by atoms with E-state index in [1.54, 1.807) is 26.8 Å². The molecule has 39 nitrogen and oxygen atoms in total. The number of hydrogen-bond donors (Lipinski definition) is 11. The van der Waals surface area contributed by atoms with Crippen LogP contribution in [0.25, 0.3) is 30.3 Å². The smallest absolute Gasteiger partial charge is 0.410 e. The molecule has 15 heterocycles. The third-order valence-electron chi connectivity index (χ3n) is 23.2. The Bertz CT molecular complexity index is 5660. The highest BCUT2D eigenvalue weighted by Gasteiger charge is 2.52. The van der Waals surface area contributed by atoms with Gasteiger partial charge in [-0.05, 0) is 110 Å². The average molecular weight is 1900 g/mol. The van der Waals surface area contributed by atoms with Crippen LogP contribution in [0, 0.1) is 0 Å². The number of nitrogens with two attached hydrogens (primary N) is 2. The number of amides is 17. The van der Waals surface area contributed by atoms with Crippen molar-refractivity contribution < 1.29 is 92.8 Å². The molecule has 0 bridgehead atoms. The predicted molar refractivity (Wildman–Crippen MR) is 512 cm³/mol. The summed E-state index contributed by atoms with van der Waals surface area (Å²) in [6.45, 7) is 11.6. The van der Waals surface area contributed by atoms with Gasteiger partial charge in [0.2, 0.25) is 47.3 Å². The number of nitrogens with zero attached hydrogens (tertiary/aromatic N) is 10. The Morgan fingerprint density at radius 3 is 1.17 bits per heavy atom. The van der Waals surface area contributed by atoms with Crippen molar-refractivity contribution >= 4 is 252 Å². The number of imide groups is 4. The number of likely N-dealkylation sites (tertiary alicyclic amines) is 6. The lowest BCUT2D eigenvalue weighted by molar-refractivity contribution is -0.139. The Morgan fingerprint density at radius 2 is 0.827 bits per heavy atom. The SMILES string of the molecule is C.C.CC(C)(C)OC(=O)N1CCC2(CC1)N=C(CCl)NC2=O.CCNC(=O)Nc1sc2ccccc2c1C(=O)N1CCC2(CC1)N=C(CN1C(=O)CCC1=O)NC2=O.Nc1sc2ccccc2c1C(=O)N1CCC2(CC1)N=C(CN1C(=O)CCC1=O)NC2=O.Nc1sc2ccccc2c1C(=O)O.O=C1CCC(=O)N1.O=C1CCC(=O)N1CC1=NC2(CCNCC2)C(=O)N1.[2HH].[B][B]B([B])[B].